The monoisotopic (exact) mass is 332 g/mol. The minimum absolute atomic E-state index is 0.0191. The number of hydrogen-bond acceptors (Lipinski definition) is 3. The van der Waals surface area contributed by atoms with Crippen molar-refractivity contribution >= 4 is 5.91 Å². The van der Waals surface area contributed by atoms with E-state index in [4.69, 9.17) is 4.52 Å². The molecule has 3 rings (SSSR count). The first-order chi connectivity index (χ1) is 11.5. The molecule has 0 aliphatic carbocycles. The van der Waals surface area contributed by atoms with Gasteiger partial charge in [0, 0.05) is 23.7 Å². The van der Waals surface area contributed by atoms with Gasteiger partial charge in [-0.05, 0) is 30.3 Å². The SMILES string of the molecule is O=C(NCc1cccc(F)c1F)c1cc(-c2ccc(F)cc2)on1. The topological polar surface area (TPSA) is 55.1 Å². The summed E-state index contributed by atoms with van der Waals surface area (Å²) in [7, 11) is 0. The van der Waals surface area contributed by atoms with E-state index in [9.17, 15) is 18.0 Å². The Morgan fingerprint density at radius 2 is 1.83 bits per heavy atom. The van der Waals surface area contributed by atoms with Crippen LogP contribution in [0.2, 0.25) is 0 Å². The van der Waals surface area contributed by atoms with Gasteiger partial charge in [-0.1, -0.05) is 17.3 Å². The van der Waals surface area contributed by atoms with Gasteiger partial charge in [-0.2, -0.15) is 0 Å². The first-order valence-corrected chi connectivity index (χ1v) is 6.98. The fourth-order valence-electron chi connectivity index (χ4n) is 2.08. The summed E-state index contributed by atoms with van der Waals surface area (Å²) in [6.07, 6.45) is 0. The number of benzene rings is 2. The highest BCUT2D eigenvalue weighted by molar-refractivity contribution is 5.93. The lowest BCUT2D eigenvalue weighted by atomic mass is 10.1. The Balaban J connectivity index is 1.70. The van der Waals surface area contributed by atoms with E-state index in [-0.39, 0.29) is 23.6 Å². The average molecular weight is 332 g/mol. The molecule has 0 aliphatic rings. The van der Waals surface area contributed by atoms with Gasteiger partial charge in [0.05, 0.1) is 0 Å². The van der Waals surface area contributed by atoms with E-state index in [2.05, 4.69) is 10.5 Å². The second-order valence-electron chi connectivity index (χ2n) is 4.98. The molecule has 0 saturated carbocycles. The highest BCUT2D eigenvalue weighted by atomic mass is 19.2. The van der Waals surface area contributed by atoms with Crippen molar-refractivity contribution in [3.05, 3.63) is 77.2 Å². The van der Waals surface area contributed by atoms with Crippen molar-refractivity contribution in [2.45, 2.75) is 6.54 Å². The van der Waals surface area contributed by atoms with Gasteiger partial charge in [0.25, 0.3) is 5.91 Å². The predicted octanol–water partition coefficient (Wildman–Crippen LogP) is 3.69. The summed E-state index contributed by atoms with van der Waals surface area (Å²) in [4.78, 5) is 12.0. The molecular weight excluding hydrogens is 321 g/mol. The number of carbonyl (C=O) groups excluding carboxylic acids is 1. The van der Waals surface area contributed by atoms with E-state index < -0.39 is 23.4 Å². The number of amides is 1. The Morgan fingerprint density at radius 3 is 2.58 bits per heavy atom. The Bertz CT molecular complexity index is 876. The molecule has 24 heavy (non-hydrogen) atoms. The van der Waals surface area contributed by atoms with E-state index in [0.717, 1.165) is 6.07 Å². The molecule has 0 bridgehead atoms. The number of rotatable bonds is 4. The summed E-state index contributed by atoms with van der Waals surface area (Å²) in [5.74, 6) is -2.70. The Morgan fingerprint density at radius 1 is 1.08 bits per heavy atom. The molecule has 0 saturated heterocycles. The summed E-state index contributed by atoms with van der Waals surface area (Å²) in [5.41, 5.74) is 0.552. The highest BCUT2D eigenvalue weighted by Gasteiger charge is 2.15. The van der Waals surface area contributed by atoms with E-state index in [1.807, 2.05) is 0 Å². The van der Waals surface area contributed by atoms with Crippen LogP contribution < -0.4 is 5.32 Å². The van der Waals surface area contributed by atoms with Gasteiger partial charge in [-0.25, -0.2) is 13.2 Å². The molecule has 0 spiro atoms. The quantitative estimate of drug-likeness (QED) is 0.793. The lowest BCUT2D eigenvalue weighted by Crippen LogP contribution is -2.23. The maximum Gasteiger partial charge on any atom is 0.273 e. The number of nitrogens with zero attached hydrogens (tertiary/aromatic N) is 1. The molecule has 0 radical (unpaired) electrons. The molecule has 1 amide bonds. The molecular formula is C17H11F3N2O2. The molecule has 1 heterocycles. The predicted molar refractivity (Wildman–Crippen MR) is 79.4 cm³/mol. The smallest absolute Gasteiger partial charge is 0.273 e. The van der Waals surface area contributed by atoms with Crippen molar-refractivity contribution in [3.8, 4) is 11.3 Å². The number of nitrogens with one attached hydrogen (secondary N) is 1. The Kier molecular flexibility index (Phi) is 4.33. The third kappa shape index (κ3) is 3.29. The first-order valence-electron chi connectivity index (χ1n) is 6.98. The zero-order valence-corrected chi connectivity index (χ0v) is 12.2. The summed E-state index contributed by atoms with van der Waals surface area (Å²) in [6, 6.07) is 10.6. The normalized spacial score (nSPS) is 10.6. The van der Waals surface area contributed by atoms with Crippen LogP contribution in [0, 0.1) is 17.5 Å². The van der Waals surface area contributed by atoms with Gasteiger partial charge in [0.15, 0.2) is 23.1 Å². The van der Waals surface area contributed by atoms with Crippen LogP contribution >= 0.6 is 0 Å². The fraction of sp³-hybridized carbons (Fsp3) is 0.0588. The molecule has 0 aliphatic heterocycles. The van der Waals surface area contributed by atoms with Crippen LogP contribution in [0.4, 0.5) is 13.2 Å². The van der Waals surface area contributed by atoms with Gasteiger partial charge < -0.3 is 9.84 Å². The Labute approximate surface area is 134 Å². The summed E-state index contributed by atoms with van der Waals surface area (Å²) in [5, 5.41) is 6.05. The molecule has 0 fully saturated rings. The lowest BCUT2D eigenvalue weighted by Gasteiger charge is -2.04. The van der Waals surface area contributed by atoms with E-state index in [1.165, 1.54) is 42.5 Å². The minimum atomic E-state index is -1.01. The fourth-order valence-corrected chi connectivity index (χ4v) is 2.08. The van der Waals surface area contributed by atoms with Gasteiger partial charge in [0.2, 0.25) is 0 Å². The van der Waals surface area contributed by atoms with Crippen LogP contribution in [-0.4, -0.2) is 11.1 Å². The van der Waals surface area contributed by atoms with Gasteiger partial charge in [-0.15, -0.1) is 0 Å². The van der Waals surface area contributed by atoms with Crippen molar-refractivity contribution in [1.82, 2.24) is 10.5 Å². The molecule has 3 aromatic rings. The zero-order valence-electron chi connectivity index (χ0n) is 12.2. The Hall–Kier alpha value is -3.09. The number of halogens is 3. The molecule has 1 N–H and O–H groups in total. The van der Waals surface area contributed by atoms with Crippen molar-refractivity contribution in [2.75, 3.05) is 0 Å². The second kappa shape index (κ2) is 6.57. The van der Waals surface area contributed by atoms with Crippen LogP contribution in [0.1, 0.15) is 16.1 Å². The van der Waals surface area contributed by atoms with Crippen LogP contribution in [0.3, 0.4) is 0 Å². The average Bonchev–Trinajstić information content (AvgIpc) is 3.07. The van der Waals surface area contributed by atoms with E-state index in [0.29, 0.717) is 5.56 Å². The molecule has 122 valence electrons. The van der Waals surface area contributed by atoms with Crippen LogP contribution in [0.5, 0.6) is 0 Å². The van der Waals surface area contributed by atoms with E-state index >= 15 is 0 Å². The lowest BCUT2D eigenvalue weighted by molar-refractivity contribution is 0.0941. The third-order valence-electron chi connectivity index (χ3n) is 3.34. The first kappa shape index (κ1) is 15.8. The van der Waals surface area contributed by atoms with E-state index in [1.54, 1.807) is 0 Å². The third-order valence-corrected chi connectivity index (χ3v) is 3.34. The van der Waals surface area contributed by atoms with Crippen LogP contribution in [0.15, 0.2) is 53.1 Å². The number of aromatic nitrogens is 1. The molecule has 2 aromatic carbocycles. The maximum absolute atomic E-state index is 13.5. The van der Waals surface area contributed by atoms with Crippen molar-refractivity contribution < 1.29 is 22.5 Å². The van der Waals surface area contributed by atoms with Gasteiger partial charge >= 0.3 is 0 Å². The van der Waals surface area contributed by atoms with Crippen LogP contribution in [-0.2, 0) is 6.54 Å². The van der Waals surface area contributed by atoms with Crippen LogP contribution in [0.25, 0.3) is 11.3 Å². The second-order valence-corrected chi connectivity index (χ2v) is 4.98. The van der Waals surface area contributed by atoms with Gasteiger partial charge in [-0.3, -0.25) is 4.79 Å². The molecule has 1 aromatic heterocycles. The molecule has 0 atom stereocenters. The summed E-state index contributed by atoms with van der Waals surface area (Å²) < 4.78 is 44.6. The summed E-state index contributed by atoms with van der Waals surface area (Å²) in [6.45, 7) is -0.193. The molecule has 4 nitrogen and oxygen atoms in total. The molecule has 0 unspecified atom stereocenters. The largest absolute Gasteiger partial charge is 0.355 e. The maximum atomic E-state index is 13.5. The minimum Gasteiger partial charge on any atom is -0.355 e. The van der Waals surface area contributed by atoms with Crippen molar-refractivity contribution in [2.24, 2.45) is 0 Å². The van der Waals surface area contributed by atoms with Gasteiger partial charge in [0.1, 0.15) is 5.82 Å². The van der Waals surface area contributed by atoms with Crippen molar-refractivity contribution in [1.29, 1.82) is 0 Å². The zero-order chi connectivity index (χ0) is 17.1. The standard InChI is InChI=1S/C17H11F3N2O2/c18-12-6-4-10(5-7-12)15-8-14(22-24-15)17(23)21-9-11-2-1-3-13(19)16(11)20/h1-8H,9H2,(H,21,23). The number of hydrogen-bond donors (Lipinski definition) is 1. The highest BCUT2D eigenvalue weighted by Crippen LogP contribution is 2.20. The van der Waals surface area contributed by atoms with Crippen molar-refractivity contribution in [3.63, 3.8) is 0 Å². The summed E-state index contributed by atoms with van der Waals surface area (Å²) >= 11 is 0. The molecule has 7 heteroatoms. The number of carbonyl (C=O) groups is 1.